The molecule has 1 saturated carbocycles. The molecule has 0 bridgehead atoms. The number of piperidine rings is 1. The number of methoxy groups -OCH3 is 1. The van der Waals surface area contributed by atoms with Gasteiger partial charge in [0.1, 0.15) is 5.75 Å². The maximum atomic E-state index is 13.3. The average molecular weight is 513 g/mol. The molecule has 6 nitrogen and oxygen atoms in total. The van der Waals surface area contributed by atoms with Crippen LogP contribution in [-0.4, -0.2) is 60.1 Å². The number of carboxylic acid groups (broad SMARTS) is 1. The number of aliphatic carboxylic acids is 1. The minimum Gasteiger partial charge on any atom is -0.496 e. The van der Waals surface area contributed by atoms with Crippen LogP contribution < -0.4 is 4.74 Å². The number of amides is 1. The quantitative estimate of drug-likeness (QED) is 0.466. The third kappa shape index (κ3) is 4.78. The van der Waals surface area contributed by atoms with Crippen molar-refractivity contribution in [1.29, 1.82) is 0 Å². The van der Waals surface area contributed by atoms with Gasteiger partial charge in [0, 0.05) is 31.6 Å². The zero-order valence-electron chi connectivity index (χ0n) is 22.2. The van der Waals surface area contributed by atoms with E-state index in [0.29, 0.717) is 31.5 Å². The summed E-state index contributed by atoms with van der Waals surface area (Å²) in [6.07, 6.45) is 6.58. The molecule has 198 valence electrons. The first-order valence-corrected chi connectivity index (χ1v) is 13.9. The molecule has 0 atom stereocenters. The minimum atomic E-state index is -0.789. The fourth-order valence-corrected chi connectivity index (χ4v) is 6.69. The van der Waals surface area contributed by atoms with Crippen molar-refractivity contribution in [2.75, 3.05) is 33.3 Å². The molecule has 3 aromatic carbocycles. The van der Waals surface area contributed by atoms with E-state index in [1.165, 1.54) is 36.8 Å². The lowest BCUT2D eigenvalue weighted by Crippen LogP contribution is -2.46. The van der Waals surface area contributed by atoms with Crippen LogP contribution in [0.1, 0.15) is 48.8 Å². The lowest BCUT2D eigenvalue weighted by molar-refractivity contribution is -0.137. The molecule has 1 amide bonds. The van der Waals surface area contributed by atoms with Gasteiger partial charge in [0.2, 0.25) is 5.91 Å². The van der Waals surface area contributed by atoms with E-state index in [4.69, 9.17) is 4.74 Å². The number of carbonyl (C=O) groups is 2. The van der Waals surface area contributed by atoms with E-state index in [9.17, 15) is 14.7 Å². The second-order valence-electron chi connectivity index (χ2n) is 11.4. The van der Waals surface area contributed by atoms with Crippen molar-refractivity contribution in [3.05, 3.63) is 65.2 Å². The molecular formula is C32H36N2O4. The molecule has 3 aromatic rings. The molecule has 1 aliphatic carbocycles. The molecule has 1 N–H and O–H groups in total. The van der Waals surface area contributed by atoms with Crippen molar-refractivity contribution >= 4 is 22.6 Å². The molecule has 2 fully saturated rings. The van der Waals surface area contributed by atoms with Crippen LogP contribution in [0.4, 0.5) is 0 Å². The van der Waals surface area contributed by atoms with Gasteiger partial charge in [-0.2, -0.15) is 0 Å². The smallest absolute Gasteiger partial charge is 0.303 e. The number of fused-ring (bicyclic) bond motifs is 2. The molecule has 6 rings (SSSR count). The molecule has 1 spiro atoms. The Morgan fingerprint density at radius 3 is 2.61 bits per heavy atom. The normalized spacial score (nSPS) is 18.4. The number of ether oxygens (including phenoxy) is 1. The number of carboxylic acids is 1. The van der Waals surface area contributed by atoms with E-state index in [0.717, 1.165) is 52.7 Å². The molecule has 0 radical (unpaired) electrons. The molecule has 2 heterocycles. The first-order valence-electron chi connectivity index (χ1n) is 13.9. The summed E-state index contributed by atoms with van der Waals surface area (Å²) in [5, 5.41) is 11.4. The molecule has 2 aliphatic heterocycles. The van der Waals surface area contributed by atoms with Crippen molar-refractivity contribution in [2.45, 2.75) is 51.5 Å². The van der Waals surface area contributed by atoms with Crippen molar-refractivity contribution < 1.29 is 19.4 Å². The number of rotatable bonds is 7. The SMILES string of the molecule is COc1ccc2c(c1-c1cccc3c(CCC(=O)O)cccc13)CCN(C(=O)CN1CCCC3(CC3)C1)C2. The monoisotopic (exact) mass is 512 g/mol. The van der Waals surface area contributed by atoms with Crippen LogP contribution in [0.15, 0.2) is 48.5 Å². The second kappa shape index (κ2) is 10.1. The Morgan fingerprint density at radius 1 is 1.00 bits per heavy atom. The van der Waals surface area contributed by atoms with Gasteiger partial charge in [-0.05, 0) is 89.6 Å². The third-order valence-electron chi connectivity index (χ3n) is 8.88. The highest BCUT2D eigenvalue weighted by molar-refractivity contribution is 6.00. The number of hydrogen-bond acceptors (Lipinski definition) is 4. The van der Waals surface area contributed by atoms with Gasteiger partial charge in [0.15, 0.2) is 0 Å². The van der Waals surface area contributed by atoms with E-state index in [2.05, 4.69) is 29.2 Å². The van der Waals surface area contributed by atoms with Crippen molar-refractivity contribution in [2.24, 2.45) is 5.41 Å². The number of likely N-dealkylation sites (tertiary alicyclic amines) is 1. The van der Waals surface area contributed by atoms with E-state index < -0.39 is 5.97 Å². The fourth-order valence-electron chi connectivity index (χ4n) is 6.69. The summed E-state index contributed by atoms with van der Waals surface area (Å²) in [5.74, 6) is 0.275. The maximum absolute atomic E-state index is 13.3. The summed E-state index contributed by atoms with van der Waals surface area (Å²) in [4.78, 5) is 28.9. The lowest BCUT2D eigenvalue weighted by atomic mass is 9.86. The first kappa shape index (κ1) is 24.9. The third-order valence-corrected chi connectivity index (χ3v) is 8.88. The number of nitrogens with zero attached hydrogens (tertiary/aromatic N) is 2. The van der Waals surface area contributed by atoms with Gasteiger partial charge in [-0.1, -0.05) is 42.5 Å². The van der Waals surface area contributed by atoms with Gasteiger partial charge in [0.05, 0.1) is 13.7 Å². The summed E-state index contributed by atoms with van der Waals surface area (Å²) >= 11 is 0. The Bertz CT molecular complexity index is 1390. The van der Waals surface area contributed by atoms with Crippen LogP contribution in [0.25, 0.3) is 21.9 Å². The van der Waals surface area contributed by atoms with Gasteiger partial charge < -0.3 is 14.7 Å². The van der Waals surface area contributed by atoms with Gasteiger partial charge >= 0.3 is 5.97 Å². The summed E-state index contributed by atoms with van der Waals surface area (Å²) in [6.45, 7) is 3.98. The fraction of sp³-hybridized carbons (Fsp3) is 0.438. The molecule has 0 aromatic heterocycles. The summed E-state index contributed by atoms with van der Waals surface area (Å²) in [7, 11) is 1.71. The predicted octanol–water partition coefficient (Wildman–Crippen LogP) is 5.29. The van der Waals surface area contributed by atoms with Gasteiger partial charge in [-0.3, -0.25) is 14.5 Å². The maximum Gasteiger partial charge on any atom is 0.303 e. The van der Waals surface area contributed by atoms with Gasteiger partial charge in [-0.15, -0.1) is 0 Å². The van der Waals surface area contributed by atoms with Crippen LogP contribution in [0.2, 0.25) is 0 Å². The lowest BCUT2D eigenvalue weighted by Gasteiger charge is -2.36. The Hall–Kier alpha value is -3.38. The van der Waals surface area contributed by atoms with Crippen LogP contribution in [0.3, 0.4) is 0 Å². The Labute approximate surface area is 224 Å². The topological polar surface area (TPSA) is 70.1 Å². The van der Waals surface area contributed by atoms with Crippen LogP contribution in [-0.2, 0) is 29.0 Å². The van der Waals surface area contributed by atoms with E-state index in [-0.39, 0.29) is 12.3 Å². The highest BCUT2D eigenvalue weighted by atomic mass is 16.5. The number of aryl methyl sites for hydroxylation is 1. The van der Waals surface area contributed by atoms with Gasteiger partial charge in [0.25, 0.3) is 0 Å². The van der Waals surface area contributed by atoms with Crippen molar-refractivity contribution in [3.63, 3.8) is 0 Å². The van der Waals surface area contributed by atoms with Crippen LogP contribution in [0.5, 0.6) is 5.75 Å². The number of hydrogen-bond donors (Lipinski definition) is 1. The number of carbonyl (C=O) groups excluding carboxylic acids is 1. The minimum absolute atomic E-state index is 0.107. The molecule has 0 unspecified atom stereocenters. The van der Waals surface area contributed by atoms with Crippen molar-refractivity contribution in [3.8, 4) is 16.9 Å². The van der Waals surface area contributed by atoms with E-state index in [1.807, 2.05) is 29.2 Å². The Kier molecular flexibility index (Phi) is 6.60. The van der Waals surface area contributed by atoms with E-state index >= 15 is 0 Å². The largest absolute Gasteiger partial charge is 0.496 e. The average Bonchev–Trinajstić information content (AvgIpc) is 3.68. The summed E-state index contributed by atoms with van der Waals surface area (Å²) < 4.78 is 5.86. The Morgan fingerprint density at radius 2 is 1.82 bits per heavy atom. The summed E-state index contributed by atoms with van der Waals surface area (Å²) in [5.41, 5.74) is 6.16. The van der Waals surface area contributed by atoms with Crippen LogP contribution in [0, 0.1) is 5.41 Å². The van der Waals surface area contributed by atoms with Crippen molar-refractivity contribution in [1.82, 2.24) is 9.80 Å². The second-order valence-corrected chi connectivity index (χ2v) is 11.4. The summed E-state index contributed by atoms with van der Waals surface area (Å²) in [6, 6.07) is 16.5. The zero-order chi connectivity index (χ0) is 26.3. The standard InChI is InChI=1S/C32H36N2O4/c1-38-28-11-9-23-19-34(29(35)20-33-17-4-14-32(21-33)15-16-32)18-13-25(23)31(28)27-8-3-6-24-22(10-12-30(36)37)5-2-7-26(24)27/h2-3,5-9,11H,4,10,12-21H2,1H3,(H,36,37). The van der Waals surface area contributed by atoms with Crippen LogP contribution >= 0.6 is 0 Å². The predicted molar refractivity (Wildman–Crippen MR) is 148 cm³/mol. The van der Waals surface area contributed by atoms with E-state index in [1.54, 1.807) is 7.11 Å². The van der Waals surface area contributed by atoms with Gasteiger partial charge in [-0.25, -0.2) is 0 Å². The molecule has 3 aliphatic rings. The highest BCUT2D eigenvalue weighted by Gasteiger charge is 2.45. The molecular weight excluding hydrogens is 476 g/mol. The Balaban J connectivity index is 1.29. The number of benzene rings is 3. The highest BCUT2D eigenvalue weighted by Crippen LogP contribution is 2.52. The molecule has 1 saturated heterocycles. The zero-order valence-corrected chi connectivity index (χ0v) is 22.2. The molecule has 6 heteroatoms. The molecule has 38 heavy (non-hydrogen) atoms. The first-order chi connectivity index (χ1) is 18.5.